The molecule has 0 unspecified atom stereocenters. The van der Waals surface area contributed by atoms with Gasteiger partial charge in [-0.3, -0.25) is 0 Å². The van der Waals surface area contributed by atoms with E-state index in [9.17, 15) is 0 Å². The van der Waals surface area contributed by atoms with Gasteiger partial charge in [0.2, 0.25) is 0 Å². The average molecular weight is 82.2 g/mol. The van der Waals surface area contributed by atoms with Crippen molar-refractivity contribution in [3.8, 4) is 0 Å². The van der Waals surface area contributed by atoms with Crippen LogP contribution >= 0.6 is 0 Å². The summed E-state index contributed by atoms with van der Waals surface area (Å²) in [4.78, 5) is 0. The van der Waals surface area contributed by atoms with Crippen LogP contribution in [-0.2, 0) is 0 Å². The summed E-state index contributed by atoms with van der Waals surface area (Å²) in [5.41, 5.74) is 0. The van der Waals surface area contributed by atoms with Crippen LogP contribution in [0.2, 0.25) is 19.4 Å². The Morgan fingerprint density at radius 1 is 1.50 bits per heavy atom. The molecule has 0 heterocycles. The van der Waals surface area contributed by atoms with Crippen molar-refractivity contribution in [3.05, 3.63) is 0 Å². The van der Waals surface area contributed by atoms with Crippen molar-refractivity contribution < 1.29 is 12.3 Å². The van der Waals surface area contributed by atoms with Crippen molar-refractivity contribution >= 4 is 8.80 Å². The summed E-state index contributed by atoms with van der Waals surface area (Å²) in [6.45, 7) is -8.66. The van der Waals surface area contributed by atoms with Crippen LogP contribution in [0.4, 0.5) is 0 Å². The van der Waals surface area contributed by atoms with Gasteiger partial charge in [-0.25, -0.2) is 0 Å². The van der Waals surface area contributed by atoms with Gasteiger partial charge in [-0.15, -0.1) is 0 Å². The lowest BCUT2D eigenvalue weighted by Gasteiger charge is -1.75. The molecule has 0 fully saturated rings. The first-order valence-electron chi connectivity index (χ1n) is 5.25. The molecule has 0 nitrogen and oxygen atoms in total. The van der Waals surface area contributed by atoms with Crippen LogP contribution in [0.3, 0.4) is 0 Å². The molecule has 0 bridgehead atoms. The third-order valence-electron chi connectivity index (χ3n) is 0. The van der Waals surface area contributed by atoms with Crippen LogP contribution in [0.25, 0.3) is 0 Å². The lowest BCUT2D eigenvalue weighted by Crippen LogP contribution is -1.84. The van der Waals surface area contributed by atoms with E-state index >= 15 is 0 Å². The zero-order chi connectivity index (χ0) is 11.1. The van der Waals surface area contributed by atoms with Crippen LogP contribution in [0.15, 0.2) is 0 Å². The molecule has 0 saturated carbocycles. The third-order valence-corrected chi connectivity index (χ3v) is 0. The first-order valence-corrected chi connectivity index (χ1v) is 2.25. The molecule has 25 valence electrons. The Morgan fingerprint density at radius 2 is 2.00 bits per heavy atom. The highest BCUT2D eigenvalue weighted by molar-refractivity contribution is 6.54. The van der Waals surface area contributed by atoms with Crippen molar-refractivity contribution in [1.82, 2.24) is 0 Å². The maximum Gasteiger partial charge on any atom is 0.0379 e. The summed E-state index contributed by atoms with van der Waals surface area (Å²) in [5, 5.41) is 0. The Morgan fingerprint density at radius 3 is 2.00 bits per heavy atom. The van der Waals surface area contributed by atoms with E-state index in [1.807, 2.05) is 0 Å². The molecule has 1 radical (unpaired) electrons. The fourth-order valence-electron chi connectivity index (χ4n) is 0. The molecule has 0 spiro atoms. The Hall–Kier alpha value is 0.217. The zero-order valence-electron chi connectivity index (χ0n) is 11.0. The molecule has 4 heavy (non-hydrogen) atoms. The average Bonchev–Trinajstić information content (AvgIpc) is 1.44. The van der Waals surface area contributed by atoms with Crippen molar-refractivity contribution in [2.24, 2.45) is 0 Å². The highest BCUT2D eigenvalue weighted by Crippen LogP contribution is 1.68. The number of rotatable bonds is 0. The second-order valence-corrected chi connectivity index (χ2v) is 1.12. The molecular weight excluding hydrogens is 64.1 g/mol. The summed E-state index contributed by atoms with van der Waals surface area (Å²) in [6, 6.07) is 0. The molecule has 1 heteroatoms. The van der Waals surface area contributed by atoms with E-state index < -0.39 is 28.2 Å². The first kappa shape index (κ1) is 0.292. The third kappa shape index (κ3) is 69.8. The van der Waals surface area contributed by atoms with Gasteiger partial charge < -0.3 is 0 Å². The van der Waals surface area contributed by atoms with Gasteiger partial charge in [0.15, 0.2) is 0 Å². The van der Waals surface area contributed by atoms with Gasteiger partial charge in [0.05, 0.1) is 0 Å². The van der Waals surface area contributed by atoms with E-state index in [1.54, 1.807) is 0 Å². The second kappa shape index (κ2) is 1.53. The molecule has 0 rings (SSSR count). The highest BCUT2D eigenvalue weighted by Gasteiger charge is 1.72. The van der Waals surface area contributed by atoms with Crippen LogP contribution in [0.1, 0.15) is 12.3 Å². The summed E-state index contributed by atoms with van der Waals surface area (Å²) in [6.07, 6.45) is 0. The fourth-order valence-corrected chi connectivity index (χ4v) is 0. The molecule has 0 N–H and O–H groups in total. The first-order chi connectivity index (χ1) is 5.37. The van der Waals surface area contributed by atoms with Crippen LogP contribution in [0, 0.1) is 0 Å². The van der Waals surface area contributed by atoms with E-state index in [-0.39, 0.29) is 0 Å². The predicted octanol–water partition coefficient (Wildman–Crippen LogP) is 1.37. The number of hydrogen-bond donors (Lipinski definition) is 0. The lowest BCUT2D eigenvalue weighted by molar-refractivity contribution is 1.91. The van der Waals surface area contributed by atoms with Gasteiger partial charge in [-0.1, -0.05) is 19.4 Å². The fraction of sp³-hybridized carbons (Fsp3) is 1.00. The van der Waals surface area contributed by atoms with Crippen molar-refractivity contribution in [2.45, 2.75) is 19.4 Å². The van der Waals surface area contributed by atoms with E-state index in [1.165, 1.54) is 0 Å². The van der Waals surface area contributed by atoms with E-state index in [4.69, 9.17) is 12.3 Å². The van der Waals surface area contributed by atoms with Gasteiger partial charge >= 0.3 is 0 Å². The summed E-state index contributed by atoms with van der Waals surface area (Å²) < 4.78 is 61.7. The van der Waals surface area contributed by atoms with Crippen molar-refractivity contribution in [3.63, 3.8) is 0 Å². The van der Waals surface area contributed by atoms with Crippen LogP contribution in [0.5, 0.6) is 0 Å². The van der Waals surface area contributed by atoms with Gasteiger partial charge in [0, 0.05) is 21.1 Å². The van der Waals surface area contributed by atoms with Crippen molar-refractivity contribution in [1.29, 1.82) is 0 Å². The quantitative estimate of drug-likeness (QED) is 0.387. The minimum atomic E-state index is -3.39. The summed E-state index contributed by atoms with van der Waals surface area (Å²) in [5.74, 6) is 0. The smallest absolute Gasteiger partial charge is 0.0379 e. The van der Waals surface area contributed by atoms with Gasteiger partial charge in [0.25, 0.3) is 0 Å². The van der Waals surface area contributed by atoms with Crippen LogP contribution in [-0.4, -0.2) is 8.80 Å². The predicted molar refractivity (Wildman–Crippen MR) is 23.3 cm³/mol. The van der Waals surface area contributed by atoms with Gasteiger partial charge in [-0.05, 0) is 0 Å². The molecule has 0 aromatic heterocycles. The van der Waals surface area contributed by atoms with E-state index in [0.717, 1.165) is 0 Å². The molecule has 0 aromatic carbocycles. The molecular formula is C3H9Si. The molecule has 0 saturated heterocycles. The van der Waals surface area contributed by atoms with Crippen LogP contribution < -0.4 is 0 Å². The summed E-state index contributed by atoms with van der Waals surface area (Å²) >= 11 is 0. The Labute approximate surface area is 42.1 Å². The maximum absolute atomic E-state index is 6.86. The molecule has 0 aliphatic carbocycles. The zero-order valence-corrected chi connectivity index (χ0v) is 3.00. The SMILES string of the molecule is [2H]C([2H])([2H])[Si](C([2H])([2H])[2H])C([2H])([2H])[2H]. The molecule has 0 aliphatic rings. The molecule has 0 atom stereocenters. The normalized spacial score (nSPS) is 51.8. The monoisotopic (exact) mass is 82.1 g/mol. The standard InChI is InChI=1S/C3H9Si/c1-4(2)3/h1-3H3/i1D3,2D3,3D3. The van der Waals surface area contributed by atoms with E-state index in [0.29, 0.717) is 0 Å². The lowest BCUT2D eigenvalue weighted by atomic mass is 11.8. The second-order valence-electron chi connectivity index (χ2n) is 0.375. The Kier molecular flexibility index (Phi) is 0.112. The van der Waals surface area contributed by atoms with Crippen molar-refractivity contribution in [2.75, 3.05) is 0 Å². The minimum absolute atomic E-state index is 2.89. The van der Waals surface area contributed by atoms with Gasteiger partial charge in [-0.2, -0.15) is 0 Å². The van der Waals surface area contributed by atoms with E-state index in [2.05, 4.69) is 0 Å². The Balaban J connectivity index is 5.02. The molecule has 0 aliphatic heterocycles. The van der Waals surface area contributed by atoms with Gasteiger partial charge in [0.1, 0.15) is 0 Å². The maximum atomic E-state index is 6.86. The highest BCUT2D eigenvalue weighted by atomic mass is 28.3. The Bertz CT molecular complexity index is 137. The largest absolute Gasteiger partial charge is 0.0715 e. The molecule has 0 aromatic rings. The minimum Gasteiger partial charge on any atom is -0.0715 e. The summed E-state index contributed by atoms with van der Waals surface area (Å²) in [7, 11) is -3.39. The topological polar surface area (TPSA) is 0 Å². The number of hydrogen-bond acceptors (Lipinski definition) is 0. The molecule has 0 amide bonds.